The summed E-state index contributed by atoms with van der Waals surface area (Å²) < 4.78 is 0.723. The summed E-state index contributed by atoms with van der Waals surface area (Å²) in [5.74, 6) is 0.464. The van der Waals surface area contributed by atoms with E-state index in [2.05, 4.69) is 33.1 Å². The lowest BCUT2D eigenvalue weighted by Gasteiger charge is -2.29. The molecule has 1 aliphatic heterocycles. The molecule has 21 heavy (non-hydrogen) atoms. The van der Waals surface area contributed by atoms with Crippen molar-refractivity contribution in [3.05, 3.63) is 32.8 Å². The third kappa shape index (κ3) is 4.97. The number of anilines is 1. The maximum Gasteiger partial charge on any atom is 0.293 e. The van der Waals surface area contributed by atoms with Crippen molar-refractivity contribution in [2.45, 2.75) is 26.2 Å². The van der Waals surface area contributed by atoms with Crippen molar-refractivity contribution in [1.29, 1.82) is 0 Å². The van der Waals surface area contributed by atoms with E-state index in [1.165, 1.54) is 38.4 Å². The van der Waals surface area contributed by atoms with E-state index in [0.29, 0.717) is 11.6 Å². The lowest BCUT2D eigenvalue weighted by atomic mass is 10.1. The van der Waals surface area contributed by atoms with Gasteiger partial charge in [0.1, 0.15) is 5.69 Å². The number of hydrogen-bond donors (Lipinski definition) is 1. The lowest BCUT2D eigenvalue weighted by Crippen LogP contribution is -2.35. The van der Waals surface area contributed by atoms with Gasteiger partial charge in [0.2, 0.25) is 0 Å². The Morgan fingerprint density at radius 1 is 1.38 bits per heavy atom. The van der Waals surface area contributed by atoms with Crippen LogP contribution in [0, 0.1) is 16.0 Å². The molecule has 2 rings (SSSR count). The largest absolute Gasteiger partial charge is 0.379 e. The molecule has 1 aromatic carbocycles. The minimum Gasteiger partial charge on any atom is -0.379 e. The molecule has 1 N–H and O–H groups in total. The van der Waals surface area contributed by atoms with Crippen molar-refractivity contribution in [1.82, 2.24) is 4.90 Å². The third-order valence-corrected chi connectivity index (χ3v) is 4.31. The van der Waals surface area contributed by atoms with Gasteiger partial charge in [-0.3, -0.25) is 10.1 Å². The van der Waals surface area contributed by atoms with Gasteiger partial charge < -0.3 is 10.2 Å². The van der Waals surface area contributed by atoms with E-state index in [9.17, 15) is 10.1 Å². The fraction of sp³-hybridized carbons (Fsp3) is 0.600. The predicted molar refractivity (Wildman–Crippen MR) is 88.7 cm³/mol. The summed E-state index contributed by atoms with van der Waals surface area (Å²) in [6.07, 6.45) is 3.92. The van der Waals surface area contributed by atoms with Gasteiger partial charge in [0.15, 0.2) is 0 Å². The average molecular weight is 356 g/mol. The lowest BCUT2D eigenvalue weighted by molar-refractivity contribution is -0.384. The first-order chi connectivity index (χ1) is 10.1. The standard InChI is InChI=1S/C15H22BrN3O2/c1-12(11-18-7-3-2-4-8-18)10-17-14-6-5-13(16)9-15(14)19(20)21/h5-6,9,12,17H,2-4,7-8,10-11H2,1H3. The Kier molecular flexibility index (Phi) is 5.99. The summed E-state index contributed by atoms with van der Waals surface area (Å²) in [7, 11) is 0. The summed E-state index contributed by atoms with van der Waals surface area (Å²) in [4.78, 5) is 13.2. The third-order valence-electron chi connectivity index (χ3n) is 3.82. The number of nitrogens with zero attached hydrogens (tertiary/aromatic N) is 2. The highest BCUT2D eigenvalue weighted by molar-refractivity contribution is 9.10. The van der Waals surface area contributed by atoms with Crippen LogP contribution in [0.15, 0.2) is 22.7 Å². The molecule has 1 heterocycles. The summed E-state index contributed by atoms with van der Waals surface area (Å²) in [5, 5.41) is 14.3. The Balaban J connectivity index is 1.88. The maximum absolute atomic E-state index is 11.1. The first-order valence-corrected chi connectivity index (χ1v) is 8.25. The number of hydrogen-bond acceptors (Lipinski definition) is 4. The second-order valence-electron chi connectivity index (χ2n) is 5.77. The summed E-state index contributed by atoms with van der Waals surface area (Å²) in [6.45, 7) is 6.36. The van der Waals surface area contributed by atoms with Crippen LogP contribution in [0.5, 0.6) is 0 Å². The number of nitro groups is 1. The first-order valence-electron chi connectivity index (χ1n) is 7.46. The Labute approximate surface area is 134 Å². The Morgan fingerprint density at radius 3 is 2.76 bits per heavy atom. The second kappa shape index (κ2) is 7.75. The van der Waals surface area contributed by atoms with Crippen molar-refractivity contribution in [2.24, 2.45) is 5.92 Å². The minimum atomic E-state index is -0.345. The van der Waals surface area contributed by atoms with Gasteiger partial charge in [0.25, 0.3) is 5.69 Å². The molecular formula is C15H22BrN3O2. The Hall–Kier alpha value is -1.14. The normalized spacial score (nSPS) is 17.4. The molecule has 1 aromatic rings. The molecule has 1 saturated heterocycles. The molecule has 116 valence electrons. The van der Waals surface area contributed by atoms with Crippen molar-refractivity contribution in [2.75, 3.05) is 31.5 Å². The summed E-state index contributed by atoms with van der Waals surface area (Å²) in [6, 6.07) is 5.12. The number of benzene rings is 1. The van der Waals surface area contributed by atoms with Crippen LogP contribution in [0.25, 0.3) is 0 Å². The molecule has 0 bridgehead atoms. The van der Waals surface area contributed by atoms with Crippen LogP contribution < -0.4 is 5.32 Å². The second-order valence-corrected chi connectivity index (χ2v) is 6.68. The fourth-order valence-electron chi connectivity index (χ4n) is 2.74. The van der Waals surface area contributed by atoms with Gasteiger partial charge in [-0.05, 0) is 44.0 Å². The molecule has 0 saturated carbocycles. The molecule has 0 aromatic heterocycles. The number of piperidine rings is 1. The number of rotatable bonds is 6. The zero-order valence-electron chi connectivity index (χ0n) is 12.3. The minimum absolute atomic E-state index is 0.120. The van der Waals surface area contributed by atoms with Gasteiger partial charge in [-0.1, -0.05) is 29.3 Å². The van der Waals surface area contributed by atoms with Crippen molar-refractivity contribution >= 4 is 27.3 Å². The smallest absolute Gasteiger partial charge is 0.293 e. The van der Waals surface area contributed by atoms with Crippen LogP contribution in [0.2, 0.25) is 0 Å². The molecule has 0 aliphatic carbocycles. The summed E-state index contributed by atoms with van der Waals surface area (Å²) >= 11 is 3.27. The van der Waals surface area contributed by atoms with Crippen LogP contribution in [-0.4, -0.2) is 36.0 Å². The topological polar surface area (TPSA) is 58.4 Å². The average Bonchev–Trinajstić information content (AvgIpc) is 2.47. The van der Waals surface area contributed by atoms with Crippen LogP contribution >= 0.6 is 15.9 Å². The first kappa shape index (κ1) is 16.2. The van der Waals surface area contributed by atoms with Crippen molar-refractivity contribution in [3.8, 4) is 0 Å². The van der Waals surface area contributed by atoms with Crippen molar-refractivity contribution < 1.29 is 4.92 Å². The molecule has 1 unspecified atom stereocenters. The van der Waals surface area contributed by atoms with Crippen LogP contribution in [0.4, 0.5) is 11.4 Å². The van der Waals surface area contributed by atoms with E-state index in [1.54, 1.807) is 6.07 Å². The molecular weight excluding hydrogens is 334 g/mol. The number of halogens is 1. The van der Waals surface area contributed by atoms with Gasteiger partial charge in [-0.15, -0.1) is 0 Å². The van der Waals surface area contributed by atoms with Crippen molar-refractivity contribution in [3.63, 3.8) is 0 Å². The molecule has 0 spiro atoms. The van der Waals surface area contributed by atoms with Gasteiger partial charge in [0.05, 0.1) is 4.92 Å². The quantitative estimate of drug-likeness (QED) is 0.621. The zero-order chi connectivity index (χ0) is 15.2. The highest BCUT2D eigenvalue weighted by Gasteiger charge is 2.16. The van der Waals surface area contributed by atoms with E-state index in [1.807, 2.05) is 6.07 Å². The molecule has 6 heteroatoms. The highest BCUT2D eigenvalue weighted by atomic mass is 79.9. The number of nitrogens with one attached hydrogen (secondary N) is 1. The fourth-order valence-corrected chi connectivity index (χ4v) is 3.09. The van der Waals surface area contributed by atoms with Crippen LogP contribution in [0.1, 0.15) is 26.2 Å². The van der Waals surface area contributed by atoms with Gasteiger partial charge in [-0.25, -0.2) is 0 Å². The number of nitro benzene ring substituents is 1. The molecule has 1 fully saturated rings. The zero-order valence-corrected chi connectivity index (χ0v) is 13.9. The molecule has 1 atom stereocenters. The monoisotopic (exact) mass is 355 g/mol. The van der Waals surface area contributed by atoms with Crippen LogP contribution in [0.3, 0.4) is 0 Å². The van der Waals surface area contributed by atoms with E-state index < -0.39 is 0 Å². The Bertz CT molecular complexity index is 490. The Morgan fingerprint density at radius 2 is 2.10 bits per heavy atom. The summed E-state index contributed by atoms with van der Waals surface area (Å²) in [5.41, 5.74) is 0.711. The maximum atomic E-state index is 11.1. The van der Waals surface area contributed by atoms with Gasteiger partial charge in [0, 0.05) is 23.6 Å². The van der Waals surface area contributed by atoms with E-state index in [0.717, 1.165) is 17.6 Å². The number of likely N-dealkylation sites (tertiary alicyclic amines) is 1. The van der Waals surface area contributed by atoms with Gasteiger partial charge >= 0.3 is 0 Å². The SMILES string of the molecule is CC(CNc1ccc(Br)cc1[N+](=O)[O-])CN1CCCCC1. The van der Waals surface area contributed by atoms with E-state index in [4.69, 9.17) is 0 Å². The molecule has 5 nitrogen and oxygen atoms in total. The van der Waals surface area contributed by atoms with E-state index >= 15 is 0 Å². The van der Waals surface area contributed by atoms with E-state index in [-0.39, 0.29) is 10.6 Å². The molecule has 1 aliphatic rings. The van der Waals surface area contributed by atoms with Crippen LogP contribution in [-0.2, 0) is 0 Å². The highest BCUT2D eigenvalue weighted by Crippen LogP contribution is 2.28. The molecule has 0 radical (unpaired) electrons. The predicted octanol–water partition coefficient (Wildman–Crippen LogP) is 3.89. The molecule has 0 amide bonds. The van der Waals surface area contributed by atoms with Gasteiger partial charge in [-0.2, -0.15) is 0 Å².